The molecule has 168 valence electrons. The lowest BCUT2D eigenvalue weighted by atomic mass is 9.92. The lowest BCUT2D eigenvalue weighted by molar-refractivity contribution is 0.311. The monoisotopic (exact) mass is 421 g/mol. The SMILES string of the molecule is CC(C)c1cccnc1N1CCCC(c2ccc(C(C)C)c(N3CCN(C)CC3)n2)C1. The van der Waals surface area contributed by atoms with Crippen LogP contribution in [-0.4, -0.2) is 61.2 Å². The van der Waals surface area contributed by atoms with E-state index < -0.39 is 0 Å². The van der Waals surface area contributed by atoms with Crippen LogP contribution in [0.3, 0.4) is 0 Å². The zero-order valence-corrected chi connectivity index (χ0v) is 20.0. The van der Waals surface area contributed by atoms with Gasteiger partial charge in [0, 0.05) is 57.1 Å². The molecular weight excluding hydrogens is 382 g/mol. The van der Waals surface area contributed by atoms with Gasteiger partial charge in [-0.05, 0) is 55.0 Å². The molecule has 2 aliphatic heterocycles. The number of piperidine rings is 1. The fraction of sp³-hybridized carbons (Fsp3) is 0.615. The minimum absolute atomic E-state index is 0.461. The molecule has 1 atom stereocenters. The van der Waals surface area contributed by atoms with Crippen molar-refractivity contribution in [1.29, 1.82) is 0 Å². The van der Waals surface area contributed by atoms with Crippen molar-refractivity contribution in [2.45, 2.75) is 58.3 Å². The Morgan fingerprint density at radius 2 is 1.55 bits per heavy atom. The van der Waals surface area contributed by atoms with E-state index in [0.717, 1.165) is 39.3 Å². The van der Waals surface area contributed by atoms with E-state index in [9.17, 15) is 0 Å². The molecule has 2 aromatic heterocycles. The molecule has 0 spiro atoms. The summed E-state index contributed by atoms with van der Waals surface area (Å²) in [6.45, 7) is 15.5. The van der Waals surface area contributed by atoms with Crippen molar-refractivity contribution < 1.29 is 0 Å². The molecule has 5 nitrogen and oxygen atoms in total. The summed E-state index contributed by atoms with van der Waals surface area (Å²) in [6.07, 6.45) is 4.33. The predicted octanol–water partition coefficient (Wildman–Crippen LogP) is 4.86. The Labute approximate surface area is 188 Å². The maximum Gasteiger partial charge on any atom is 0.132 e. The van der Waals surface area contributed by atoms with Crippen LogP contribution < -0.4 is 9.80 Å². The van der Waals surface area contributed by atoms with E-state index in [1.807, 2.05) is 6.20 Å². The first-order valence-electron chi connectivity index (χ1n) is 12.1. The van der Waals surface area contributed by atoms with Gasteiger partial charge in [0.2, 0.25) is 0 Å². The maximum atomic E-state index is 5.31. The van der Waals surface area contributed by atoms with Gasteiger partial charge in [-0.3, -0.25) is 0 Å². The molecule has 0 radical (unpaired) electrons. The van der Waals surface area contributed by atoms with E-state index in [4.69, 9.17) is 9.97 Å². The highest BCUT2D eigenvalue weighted by Crippen LogP contribution is 2.34. The van der Waals surface area contributed by atoms with E-state index in [1.165, 1.54) is 41.3 Å². The fourth-order valence-electron chi connectivity index (χ4n) is 4.96. The summed E-state index contributed by atoms with van der Waals surface area (Å²) in [6, 6.07) is 8.94. The number of aromatic nitrogens is 2. The molecule has 1 unspecified atom stereocenters. The van der Waals surface area contributed by atoms with Gasteiger partial charge in [-0.15, -0.1) is 0 Å². The van der Waals surface area contributed by atoms with Crippen molar-refractivity contribution in [3.63, 3.8) is 0 Å². The molecular formula is C26H39N5. The zero-order valence-electron chi connectivity index (χ0n) is 20.0. The number of likely N-dealkylation sites (N-methyl/N-ethyl adjacent to an activating group) is 1. The van der Waals surface area contributed by atoms with E-state index in [-0.39, 0.29) is 0 Å². The maximum absolute atomic E-state index is 5.31. The van der Waals surface area contributed by atoms with Gasteiger partial charge in [0.25, 0.3) is 0 Å². The molecule has 4 heterocycles. The van der Waals surface area contributed by atoms with Crippen LogP contribution in [0.5, 0.6) is 0 Å². The molecule has 2 aromatic rings. The Morgan fingerprint density at radius 3 is 2.26 bits per heavy atom. The lowest BCUT2D eigenvalue weighted by Crippen LogP contribution is -2.45. The van der Waals surface area contributed by atoms with Gasteiger partial charge in [-0.25, -0.2) is 9.97 Å². The molecule has 0 aromatic carbocycles. The first kappa shape index (κ1) is 22.1. The summed E-state index contributed by atoms with van der Waals surface area (Å²) in [5, 5.41) is 0. The van der Waals surface area contributed by atoms with Crippen LogP contribution >= 0.6 is 0 Å². The third-order valence-corrected chi connectivity index (χ3v) is 6.93. The van der Waals surface area contributed by atoms with Crippen molar-refractivity contribution in [3.8, 4) is 0 Å². The molecule has 2 saturated heterocycles. The van der Waals surface area contributed by atoms with Crippen LogP contribution in [0.15, 0.2) is 30.5 Å². The van der Waals surface area contributed by atoms with Gasteiger partial charge in [0.15, 0.2) is 0 Å². The van der Waals surface area contributed by atoms with Crippen molar-refractivity contribution in [1.82, 2.24) is 14.9 Å². The number of anilines is 2. The second kappa shape index (κ2) is 9.56. The van der Waals surface area contributed by atoms with E-state index in [0.29, 0.717) is 17.8 Å². The third-order valence-electron chi connectivity index (χ3n) is 6.93. The largest absolute Gasteiger partial charge is 0.356 e. The van der Waals surface area contributed by atoms with Gasteiger partial charge in [0.05, 0.1) is 0 Å². The molecule has 2 aliphatic rings. The minimum Gasteiger partial charge on any atom is -0.356 e. The van der Waals surface area contributed by atoms with Gasteiger partial charge in [-0.2, -0.15) is 0 Å². The molecule has 2 fully saturated rings. The summed E-state index contributed by atoms with van der Waals surface area (Å²) >= 11 is 0. The van der Waals surface area contributed by atoms with Crippen LogP contribution in [0, 0.1) is 0 Å². The first-order chi connectivity index (χ1) is 14.9. The van der Waals surface area contributed by atoms with Crippen LogP contribution in [-0.2, 0) is 0 Å². The molecule has 5 heteroatoms. The molecule has 4 rings (SSSR count). The quantitative estimate of drug-likeness (QED) is 0.689. The summed E-state index contributed by atoms with van der Waals surface area (Å²) < 4.78 is 0. The van der Waals surface area contributed by atoms with Crippen LogP contribution in [0.25, 0.3) is 0 Å². The zero-order chi connectivity index (χ0) is 22.0. The normalized spacial score (nSPS) is 20.7. The van der Waals surface area contributed by atoms with Crippen molar-refractivity contribution >= 4 is 11.6 Å². The summed E-state index contributed by atoms with van der Waals surface area (Å²) in [5.41, 5.74) is 3.99. The van der Waals surface area contributed by atoms with Crippen molar-refractivity contribution in [2.75, 3.05) is 56.1 Å². The molecule has 31 heavy (non-hydrogen) atoms. The second-order valence-electron chi connectivity index (χ2n) is 9.95. The summed E-state index contributed by atoms with van der Waals surface area (Å²) in [7, 11) is 2.21. The Kier molecular flexibility index (Phi) is 6.80. The standard InChI is InChI=1S/C26H39N5/c1-19(2)22-9-6-12-27-25(22)31-13-7-8-21(18-31)24-11-10-23(20(3)4)26(28-24)30-16-14-29(5)15-17-30/h6,9-12,19-21H,7-8,13-18H2,1-5H3. The first-order valence-corrected chi connectivity index (χ1v) is 12.1. The van der Waals surface area contributed by atoms with Crippen molar-refractivity contribution in [2.24, 2.45) is 0 Å². The topological polar surface area (TPSA) is 35.5 Å². The highest BCUT2D eigenvalue weighted by atomic mass is 15.3. The Morgan fingerprint density at radius 1 is 0.839 bits per heavy atom. The van der Waals surface area contributed by atoms with Crippen LogP contribution in [0.2, 0.25) is 0 Å². The minimum atomic E-state index is 0.461. The predicted molar refractivity (Wildman–Crippen MR) is 131 cm³/mol. The molecule has 0 bridgehead atoms. The molecule has 0 saturated carbocycles. The van der Waals surface area contributed by atoms with E-state index in [1.54, 1.807) is 0 Å². The van der Waals surface area contributed by atoms with Crippen LogP contribution in [0.1, 0.15) is 75.1 Å². The van der Waals surface area contributed by atoms with Crippen molar-refractivity contribution in [3.05, 3.63) is 47.3 Å². The Balaban J connectivity index is 1.60. The van der Waals surface area contributed by atoms with Gasteiger partial charge >= 0.3 is 0 Å². The summed E-state index contributed by atoms with van der Waals surface area (Å²) in [4.78, 5) is 17.5. The number of pyridine rings is 2. The fourth-order valence-corrected chi connectivity index (χ4v) is 4.96. The van der Waals surface area contributed by atoms with Crippen LogP contribution in [0.4, 0.5) is 11.6 Å². The summed E-state index contributed by atoms with van der Waals surface area (Å²) in [5.74, 6) is 3.82. The number of hydrogen-bond donors (Lipinski definition) is 0. The highest BCUT2D eigenvalue weighted by Gasteiger charge is 2.27. The molecule has 0 N–H and O–H groups in total. The Hall–Kier alpha value is -2.14. The van der Waals surface area contributed by atoms with E-state index >= 15 is 0 Å². The van der Waals surface area contributed by atoms with E-state index in [2.05, 4.69) is 73.7 Å². The van der Waals surface area contributed by atoms with Gasteiger partial charge < -0.3 is 14.7 Å². The highest BCUT2D eigenvalue weighted by molar-refractivity contribution is 5.52. The average molecular weight is 422 g/mol. The lowest BCUT2D eigenvalue weighted by Gasteiger charge is -2.37. The van der Waals surface area contributed by atoms with Gasteiger partial charge in [-0.1, -0.05) is 39.8 Å². The molecule has 0 aliphatic carbocycles. The average Bonchev–Trinajstić information content (AvgIpc) is 2.79. The smallest absolute Gasteiger partial charge is 0.132 e. The number of nitrogens with zero attached hydrogens (tertiary/aromatic N) is 5. The number of piperazine rings is 1. The van der Waals surface area contributed by atoms with Gasteiger partial charge in [0.1, 0.15) is 11.6 Å². The molecule has 0 amide bonds. The Bertz CT molecular complexity index is 870. The second-order valence-corrected chi connectivity index (χ2v) is 9.95. The third kappa shape index (κ3) is 4.87. The number of hydrogen-bond acceptors (Lipinski definition) is 5. The number of rotatable bonds is 5.